The minimum atomic E-state index is -0.172. The van der Waals surface area contributed by atoms with Gasteiger partial charge < -0.3 is 10.4 Å². The molecule has 1 aliphatic carbocycles. The molecule has 17 heavy (non-hydrogen) atoms. The number of benzene rings is 1. The van der Waals surface area contributed by atoms with Gasteiger partial charge in [-0.2, -0.15) is 0 Å². The number of amides is 1. The first-order chi connectivity index (χ1) is 8.16. The maximum Gasteiger partial charge on any atom is 0.252 e. The van der Waals surface area contributed by atoms with Gasteiger partial charge in [-0.1, -0.05) is 12.1 Å². The zero-order valence-corrected chi connectivity index (χ0v) is 11.7. The van der Waals surface area contributed by atoms with Crippen molar-refractivity contribution in [3.63, 3.8) is 0 Å². The van der Waals surface area contributed by atoms with Crippen LogP contribution in [0.25, 0.3) is 0 Å². The topological polar surface area (TPSA) is 49.3 Å². The van der Waals surface area contributed by atoms with Crippen LogP contribution in [0.4, 0.5) is 0 Å². The van der Waals surface area contributed by atoms with E-state index in [4.69, 9.17) is 0 Å². The molecule has 0 radical (unpaired) electrons. The summed E-state index contributed by atoms with van der Waals surface area (Å²) in [5, 5.41) is 12.4. The molecule has 2 N–H and O–H groups in total. The van der Waals surface area contributed by atoms with E-state index < -0.39 is 0 Å². The number of carbonyl (C=O) groups excluding carboxylic acids is 1. The van der Waals surface area contributed by atoms with Gasteiger partial charge in [0.15, 0.2) is 0 Å². The van der Waals surface area contributed by atoms with Crippen LogP contribution < -0.4 is 5.32 Å². The van der Waals surface area contributed by atoms with Gasteiger partial charge in [0.25, 0.3) is 5.91 Å². The normalized spacial score (nSPS) is 23.6. The van der Waals surface area contributed by atoms with Crippen molar-refractivity contribution in [2.75, 3.05) is 6.54 Å². The SMILES string of the molecule is O=C(NCC1CCC(O)C1)c1ccccc1I. The fourth-order valence-corrected chi connectivity index (χ4v) is 2.84. The van der Waals surface area contributed by atoms with E-state index in [0.717, 1.165) is 28.4 Å². The van der Waals surface area contributed by atoms with Crippen molar-refractivity contribution < 1.29 is 9.90 Å². The lowest BCUT2D eigenvalue weighted by atomic mass is 10.1. The van der Waals surface area contributed by atoms with Crippen molar-refractivity contribution in [3.05, 3.63) is 33.4 Å². The summed E-state index contributed by atoms with van der Waals surface area (Å²) in [6.07, 6.45) is 2.51. The maximum absolute atomic E-state index is 11.9. The molecule has 1 amide bonds. The lowest BCUT2D eigenvalue weighted by molar-refractivity contribution is 0.0944. The Hall–Kier alpha value is -0.620. The minimum Gasteiger partial charge on any atom is -0.393 e. The lowest BCUT2D eigenvalue weighted by Crippen LogP contribution is -2.29. The number of hydrogen-bond acceptors (Lipinski definition) is 2. The molecule has 2 atom stereocenters. The standard InChI is InChI=1S/C13H16INO2/c14-12-4-2-1-3-11(12)13(17)15-8-9-5-6-10(16)7-9/h1-4,9-10,16H,5-8H2,(H,15,17). The van der Waals surface area contributed by atoms with E-state index in [0.29, 0.717) is 12.5 Å². The molecule has 0 saturated heterocycles. The second-order valence-corrected chi connectivity index (χ2v) is 5.68. The minimum absolute atomic E-state index is 0.0172. The van der Waals surface area contributed by atoms with Crippen molar-refractivity contribution in [1.29, 1.82) is 0 Å². The number of rotatable bonds is 3. The molecule has 2 rings (SSSR count). The summed E-state index contributed by atoms with van der Waals surface area (Å²) in [5.74, 6) is 0.409. The molecule has 1 fully saturated rings. The quantitative estimate of drug-likeness (QED) is 0.825. The molecular formula is C13H16INO2. The summed E-state index contributed by atoms with van der Waals surface area (Å²) >= 11 is 2.17. The van der Waals surface area contributed by atoms with Crippen LogP contribution in [-0.2, 0) is 0 Å². The Balaban J connectivity index is 1.88. The Morgan fingerprint density at radius 2 is 2.18 bits per heavy atom. The van der Waals surface area contributed by atoms with Gasteiger partial charge in [0.2, 0.25) is 0 Å². The smallest absolute Gasteiger partial charge is 0.252 e. The number of aliphatic hydroxyl groups excluding tert-OH is 1. The third kappa shape index (κ3) is 3.42. The summed E-state index contributed by atoms with van der Waals surface area (Å²) in [6, 6.07) is 7.55. The van der Waals surface area contributed by atoms with E-state index in [9.17, 15) is 9.90 Å². The van der Waals surface area contributed by atoms with E-state index in [2.05, 4.69) is 27.9 Å². The molecule has 4 heteroatoms. The molecule has 0 aliphatic heterocycles. The van der Waals surface area contributed by atoms with Crippen LogP contribution in [-0.4, -0.2) is 23.7 Å². The van der Waals surface area contributed by atoms with Crippen LogP contribution in [0.3, 0.4) is 0 Å². The van der Waals surface area contributed by atoms with Crippen LogP contribution in [0.2, 0.25) is 0 Å². The van der Waals surface area contributed by atoms with Gasteiger partial charge in [-0.25, -0.2) is 0 Å². The highest BCUT2D eigenvalue weighted by Gasteiger charge is 2.23. The van der Waals surface area contributed by atoms with Gasteiger partial charge in [0.1, 0.15) is 0 Å². The molecule has 0 spiro atoms. The Kier molecular flexibility index (Phi) is 4.39. The second kappa shape index (κ2) is 5.82. The summed E-state index contributed by atoms with van der Waals surface area (Å²) in [5.41, 5.74) is 0.728. The average Bonchev–Trinajstić information content (AvgIpc) is 2.73. The Morgan fingerprint density at radius 3 is 2.82 bits per heavy atom. The van der Waals surface area contributed by atoms with E-state index in [-0.39, 0.29) is 12.0 Å². The van der Waals surface area contributed by atoms with Gasteiger partial charge in [0, 0.05) is 10.1 Å². The van der Waals surface area contributed by atoms with Crippen LogP contribution in [0.1, 0.15) is 29.6 Å². The van der Waals surface area contributed by atoms with E-state index >= 15 is 0 Å². The summed E-state index contributed by atoms with van der Waals surface area (Å²) < 4.78 is 0.967. The van der Waals surface area contributed by atoms with Gasteiger partial charge in [0.05, 0.1) is 11.7 Å². The first-order valence-corrected chi connectivity index (χ1v) is 6.95. The molecule has 1 saturated carbocycles. The first kappa shape index (κ1) is 12.8. The highest BCUT2D eigenvalue weighted by Crippen LogP contribution is 2.24. The van der Waals surface area contributed by atoms with Crippen molar-refractivity contribution >= 4 is 28.5 Å². The molecule has 2 unspecified atom stereocenters. The number of halogens is 1. The van der Waals surface area contributed by atoms with E-state index in [1.165, 1.54) is 0 Å². The molecular weight excluding hydrogens is 329 g/mol. The van der Waals surface area contributed by atoms with Crippen molar-refractivity contribution in [1.82, 2.24) is 5.32 Å². The Labute approximate surface area is 115 Å². The third-order valence-corrected chi connectivity index (χ3v) is 4.12. The van der Waals surface area contributed by atoms with Crippen LogP contribution >= 0.6 is 22.6 Å². The van der Waals surface area contributed by atoms with Crippen LogP contribution in [0.15, 0.2) is 24.3 Å². The zero-order valence-electron chi connectivity index (χ0n) is 9.53. The molecule has 3 nitrogen and oxygen atoms in total. The average molecular weight is 345 g/mol. The fraction of sp³-hybridized carbons (Fsp3) is 0.462. The highest BCUT2D eigenvalue weighted by atomic mass is 127. The zero-order chi connectivity index (χ0) is 12.3. The third-order valence-electron chi connectivity index (χ3n) is 3.18. The number of nitrogens with one attached hydrogen (secondary N) is 1. The molecule has 1 aromatic carbocycles. The number of carbonyl (C=O) groups is 1. The largest absolute Gasteiger partial charge is 0.393 e. The van der Waals surface area contributed by atoms with Crippen molar-refractivity contribution in [2.45, 2.75) is 25.4 Å². The van der Waals surface area contributed by atoms with Crippen molar-refractivity contribution in [3.8, 4) is 0 Å². The van der Waals surface area contributed by atoms with Gasteiger partial charge in [-0.3, -0.25) is 4.79 Å². The molecule has 0 bridgehead atoms. The number of aliphatic hydroxyl groups is 1. The summed E-state index contributed by atoms with van der Waals surface area (Å²) in [6.45, 7) is 0.668. The molecule has 0 heterocycles. The van der Waals surface area contributed by atoms with Crippen LogP contribution in [0.5, 0.6) is 0 Å². The molecule has 1 aliphatic rings. The monoisotopic (exact) mass is 345 g/mol. The number of hydrogen-bond donors (Lipinski definition) is 2. The highest BCUT2D eigenvalue weighted by molar-refractivity contribution is 14.1. The Bertz CT molecular complexity index is 408. The van der Waals surface area contributed by atoms with Gasteiger partial charge in [-0.05, 0) is 59.9 Å². The molecule has 1 aromatic rings. The molecule has 92 valence electrons. The predicted octanol–water partition coefficient (Wildman–Crippen LogP) is 2.18. The second-order valence-electron chi connectivity index (χ2n) is 4.52. The molecule has 0 aromatic heterocycles. The van der Waals surface area contributed by atoms with E-state index in [1.54, 1.807) is 0 Å². The summed E-state index contributed by atoms with van der Waals surface area (Å²) in [7, 11) is 0. The maximum atomic E-state index is 11.9. The first-order valence-electron chi connectivity index (χ1n) is 5.87. The van der Waals surface area contributed by atoms with Gasteiger partial charge in [-0.15, -0.1) is 0 Å². The Morgan fingerprint density at radius 1 is 1.41 bits per heavy atom. The van der Waals surface area contributed by atoms with E-state index in [1.807, 2.05) is 24.3 Å². The van der Waals surface area contributed by atoms with Gasteiger partial charge >= 0.3 is 0 Å². The predicted molar refractivity (Wildman–Crippen MR) is 74.8 cm³/mol. The summed E-state index contributed by atoms with van der Waals surface area (Å²) in [4.78, 5) is 11.9. The lowest BCUT2D eigenvalue weighted by Gasteiger charge is -2.11. The van der Waals surface area contributed by atoms with Crippen LogP contribution in [0, 0.1) is 9.49 Å². The fourth-order valence-electron chi connectivity index (χ4n) is 2.21. The van der Waals surface area contributed by atoms with Crippen molar-refractivity contribution in [2.24, 2.45) is 5.92 Å².